The van der Waals surface area contributed by atoms with Crippen LogP contribution in [0, 0.1) is 0 Å². The third-order valence-electron chi connectivity index (χ3n) is 3.61. The average molecular weight is 327 g/mol. The number of halogens is 1. The first-order valence-electron chi connectivity index (χ1n) is 6.70. The molecule has 115 valence electrons. The van der Waals surface area contributed by atoms with Crippen molar-refractivity contribution >= 4 is 43.1 Å². The molecular weight excluding hydrogens is 305 g/mol. The SMILES string of the molecule is CN(C)C(=O)c1ccc([B]OC(C)(C)C(C)(C)S)c(Cl)c1. The van der Waals surface area contributed by atoms with E-state index >= 15 is 0 Å². The fourth-order valence-corrected chi connectivity index (χ4v) is 1.65. The summed E-state index contributed by atoms with van der Waals surface area (Å²) >= 11 is 10.8. The fraction of sp³-hybridized carbons (Fsp3) is 0.533. The predicted octanol–water partition coefficient (Wildman–Crippen LogP) is 2.79. The number of amides is 1. The minimum absolute atomic E-state index is 0.0822. The van der Waals surface area contributed by atoms with Gasteiger partial charge in [-0.05, 0) is 45.3 Å². The highest BCUT2D eigenvalue weighted by Crippen LogP contribution is 2.30. The van der Waals surface area contributed by atoms with Gasteiger partial charge in [-0.25, -0.2) is 0 Å². The zero-order valence-electron chi connectivity index (χ0n) is 13.4. The predicted molar refractivity (Wildman–Crippen MR) is 93.1 cm³/mol. The highest BCUT2D eigenvalue weighted by atomic mass is 35.5. The Balaban J connectivity index is 2.86. The van der Waals surface area contributed by atoms with E-state index in [0.717, 1.165) is 5.46 Å². The van der Waals surface area contributed by atoms with Crippen molar-refractivity contribution < 1.29 is 9.45 Å². The van der Waals surface area contributed by atoms with Gasteiger partial charge < -0.3 is 9.55 Å². The second-order valence-corrected chi connectivity index (χ2v) is 7.77. The maximum Gasteiger partial charge on any atom is 0.332 e. The van der Waals surface area contributed by atoms with Gasteiger partial charge in [-0.1, -0.05) is 17.7 Å². The molecule has 1 aromatic rings. The van der Waals surface area contributed by atoms with Gasteiger partial charge >= 0.3 is 7.48 Å². The molecule has 1 aromatic carbocycles. The molecule has 0 fully saturated rings. The van der Waals surface area contributed by atoms with Gasteiger partial charge in [0.15, 0.2) is 0 Å². The van der Waals surface area contributed by atoms with Crippen LogP contribution in [0.25, 0.3) is 0 Å². The maximum atomic E-state index is 11.9. The van der Waals surface area contributed by atoms with Gasteiger partial charge in [-0.2, -0.15) is 12.6 Å². The number of hydrogen-bond acceptors (Lipinski definition) is 3. The summed E-state index contributed by atoms with van der Waals surface area (Å²) in [4.78, 5) is 13.4. The van der Waals surface area contributed by atoms with E-state index in [1.54, 1.807) is 39.8 Å². The van der Waals surface area contributed by atoms with Crippen LogP contribution in [0.5, 0.6) is 0 Å². The van der Waals surface area contributed by atoms with E-state index in [1.165, 1.54) is 4.90 Å². The van der Waals surface area contributed by atoms with Crippen LogP contribution in [0.15, 0.2) is 18.2 Å². The monoisotopic (exact) mass is 326 g/mol. The van der Waals surface area contributed by atoms with Crippen molar-refractivity contribution in [1.29, 1.82) is 0 Å². The van der Waals surface area contributed by atoms with Crippen LogP contribution in [0.2, 0.25) is 5.02 Å². The first kappa shape index (κ1) is 18.4. The molecular formula is C15H22BClNO2S. The topological polar surface area (TPSA) is 29.5 Å². The Kier molecular flexibility index (Phi) is 5.81. The van der Waals surface area contributed by atoms with E-state index in [9.17, 15) is 4.79 Å². The normalized spacial score (nSPS) is 12.2. The third kappa shape index (κ3) is 4.66. The van der Waals surface area contributed by atoms with Crippen LogP contribution in [-0.4, -0.2) is 42.7 Å². The molecule has 1 amide bonds. The fourth-order valence-electron chi connectivity index (χ4n) is 1.37. The van der Waals surface area contributed by atoms with Crippen LogP contribution < -0.4 is 5.46 Å². The van der Waals surface area contributed by atoms with Gasteiger partial charge in [0.2, 0.25) is 0 Å². The van der Waals surface area contributed by atoms with Crippen molar-refractivity contribution in [2.24, 2.45) is 0 Å². The molecule has 0 unspecified atom stereocenters. The van der Waals surface area contributed by atoms with Crippen molar-refractivity contribution in [3.63, 3.8) is 0 Å². The van der Waals surface area contributed by atoms with Gasteiger partial charge in [0.25, 0.3) is 5.91 Å². The van der Waals surface area contributed by atoms with E-state index in [0.29, 0.717) is 10.6 Å². The molecule has 0 heterocycles. The Labute approximate surface area is 138 Å². The summed E-state index contributed by atoms with van der Waals surface area (Å²) in [5, 5.41) is 0.482. The number of thiol groups is 1. The minimum atomic E-state index is -0.461. The quantitative estimate of drug-likeness (QED) is 0.666. The lowest BCUT2D eigenvalue weighted by Gasteiger charge is -2.38. The van der Waals surface area contributed by atoms with Crippen LogP contribution >= 0.6 is 24.2 Å². The molecule has 1 rings (SSSR count). The van der Waals surface area contributed by atoms with Crippen molar-refractivity contribution in [3.8, 4) is 0 Å². The molecule has 0 saturated heterocycles. The number of hydrogen-bond donors (Lipinski definition) is 1. The summed E-state index contributed by atoms with van der Waals surface area (Å²) in [6.45, 7) is 7.91. The lowest BCUT2D eigenvalue weighted by molar-refractivity contribution is 0.0826. The molecule has 0 aliphatic rings. The maximum absolute atomic E-state index is 11.9. The van der Waals surface area contributed by atoms with Crippen molar-refractivity contribution in [3.05, 3.63) is 28.8 Å². The summed E-state index contributed by atoms with van der Waals surface area (Å²) in [6, 6.07) is 5.17. The van der Waals surface area contributed by atoms with Crippen LogP contribution in [-0.2, 0) is 4.65 Å². The molecule has 1 radical (unpaired) electrons. The number of rotatable bonds is 5. The van der Waals surface area contributed by atoms with Gasteiger partial charge in [-0.3, -0.25) is 4.79 Å². The average Bonchev–Trinajstić information content (AvgIpc) is 2.34. The molecule has 0 saturated carbocycles. The van der Waals surface area contributed by atoms with E-state index in [-0.39, 0.29) is 10.7 Å². The lowest BCUT2D eigenvalue weighted by Crippen LogP contribution is -2.45. The summed E-state index contributed by atoms with van der Waals surface area (Å²) in [5.74, 6) is -0.0822. The smallest absolute Gasteiger partial charge is 0.332 e. The van der Waals surface area contributed by atoms with E-state index in [4.69, 9.17) is 16.3 Å². The van der Waals surface area contributed by atoms with Gasteiger partial charge in [0, 0.05) is 29.4 Å². The Hall–Kier alpha value is -0.645. The molecule has 0 aliphatic carbocycles. The molecule has 0 spiro atoms. The van der Waals surface area contributed by atoms with E-state index in [1.807, 2.05) is 27.7 Å². The van der Waals surface area contributed by atoms with E-state index in [2.05, 4.69) is 12.6 Å². The molecule has 0 N–H and O–H groups in total. The summed E-state index contributed by atoms with van der Waals surface area (Å²) in [5.41, 5.74) is 0.825. The number of benzene rings is 1. The summed E-state index contributed by atoms with van der Waals surface area (Å²) in [6.07, 6.45) is 0. The molecule has 0 aromatic heterocycles. The molecule has 3 nitrogen and oxygen atoms in total. The second-order valence-electron chi connectivity index (χ2n) is 6.24. The summed E-state index contributed by atoms with van der Waals surface area (Å²) < 4.78 is 5.52. The Bertz CT molecular complexity index is 527. The van der Waals surface area contributed by atoms with Gasteiger partial charge in [-0.15, -0.1) is 0 Å². The largest absolute Gasteiger partial charge is 0.428 e. The number of carbonyl (C=O) groups is 1. The van der Waals surface area contributed by atoms with Crippen molar-refractivity contribution in [2.75, 3.05) is 14.1 Å². The second kappa shape index (κ2) is 6.63. The number of carbonyl (C=O) groups excluding carboxylic acids is 1. The van der Waals surface area contributed by atoms with Crippen LogP contribution in [0.3, 0.4) is 0 Å². The first-order chi connectivity index (χ1) is 9.45. The zero-order chi connectivity index (χ0) is 16.4. The Morgan fingerprint density at radius 1 is 1.29 bits per heavy atom. The zero-order valence-corrected chi connectivity index (χ0v) is 15.0. The van der Waals surface area contributed by atoms with Gasteiger partial charge in [0.05, 0.1) is 5.60 Å². The molecule has 6 heteroatoms. The third-order valence-corrected chi connectivity index (χ3v) is 4.47. The van der Waals surface area contributed by atoms with E-state index < -0.39 is 5.60 Å². The van der Waals surface area contributed by atoms with Crippen molar-refractivity contribution in [2.45, 2.75) is 38.0 Å². The molecule has 0 atom stereocenters. The highest BCUT2D eigenvalue weighted by Gasteiger charge is 2.34. The molecule has 21 heavy (non-hydrogen) atoms. The Morgan fingerprint density at radius 2 is 1.86 bits per heavy atom. The Morgan fingerprint density at radius 3 is 2.29 bits per heavy atom. The highest BCUT2D eigenvalue weighted by molar-refractivity contribution is 7.81. The van der Waals surface area contributed by atoms with Crippen LogP contribution in [0.4, 0.5) is 0 Å². The number of nitrogens with zero attached hydrogens (tertiary/aromatic N) is 1. The van der Waals surface area contributed by atoms with Gasteiger partial charge in [0.1, 0.15) is 0 Å². The summed E-state index contributed by atoms with van der Waals surface area (Å²) in [7, 11) is 5.03. The molecule has 0 aliphatic heterocycles. The van der Waals surface area contributed by atoms with Crippen molar-refractivity contribution in [1.82, 2.24) is 4.90 Å². The van der Waals surface area contributed by atoms with Crippen LogP contribution in [0.1, 0.15) is 38.1 Å². The lowest BCUT2D eigenvalue weighted by atomic mass is 9.83. The standard InChI is InChI=1S/C15H22BClNO2S/c1-14(2,15(3,4)21)20-16-11-8-7-10(9-12(11)17)13(19)18(5)6/h7-9,21H,1-6H3. The first-order valence-corrected chi connectivity index (χ1v) is 7.53. The minimum Gasteiger partial charge on any atom is -0.428 e. The molecule has 0 bridgehead atoms.